The van der Waals surface area contributed by atoms with Gasteiger partial charge in [-0.15, -0.1) is 6.58 Å². The van der Waals surface area contributed by atoms with Crippen LogP contribution in [0.1, 0.15) is 19.8 Å². The molecule has 0 radical (unpaired) electrons. The highest BCUT2D eigenvalue weighted by Gasteiger charge is 2.26. The van der Waals surface area contributed by atoms with Gasteiger partial charge in [0.1, 0.15) is 6.10 Å². The fraction of sp³-hybridized carbons (Fsp3) is 0.625. The summed E-state index contributed by atoms with van der Waals surface area (Å²) >= 11 is 0. The molecule has 0 amide bonds. The number of carbonyl (C=O) groups excluding carboxylic acids is 1. The van der Waals surface area contributed by atoms with E-state index in [0.29, 0.717) is 12.3 Å². The lowest BCUT2D eigenvalue weighted by molar-refractivity contribution is -0.142. The molecule has 0 saturated carbocycles. The van der Waals surface area contributed by atoms with Crippen LogP contribution < -0.4 is 0 Å². The van der Waals surface area contributed by atoms with Crippen molar-refractivity contribution in [1.29, 1.82) is 0 Å². The fourth-order valence-corrected chi connectivity index (χ4v) is 1.07. The Morgan fingerprint density at radius 3 is 3.00 bits per heavy atom. The lowest BCUT2D eigenvalue weighted by Crippen LogP contribution is -2.14. The quantitative estimate of drug-likeness (QED) is 0.429. The molecule has 1 saturated heterocycles. The second kappa shape index (κ2) is 2.86. The summed E-state index contributed by atoms with van der Waals surface area (Å²) in [4.78, 5) is 10.6. The standard InChI is InChI=1S/C8H12O2/c1-3-6(2)7-4-5-8(9)10-7/h3,6-7H,1,4-5H2,2H3. The van der Waals surface area contributed by atoms with E-state index in [1.165, 1.54) is 0 Å². The van der Waals surface area contributed by atoms with Crippen LogP contribution in [-0.2, 0) is 9.53 Å². The van der Waals surface area contributed by atoms with Gasteiger partial charge in [0, 0.05) is 12.3 Å². The summed E-state index contributed by atoms with van der Waals surface area (Å²) in [7, 11) is 0. The first-order valence-electron chi connectivity index (χ1n) is 3.56. The zero-order chi connectivity index (χ0) is 7.56. The predicted octanol–water partition coefficient (Wildman–Crippen LogP) is 1.51. The first kappa shape index (κ1) is 7.32. The van der Waals surface area contributed by atoms with Crippen molar-refractivity contribution in [1.82, 2.24) is 0 Å². The molecule has 1 aliphatic rings. The van der Waals surface area contributed by atoms with Crippen LogP contribution in [-0.4, -0.2) is 12.1 Å². The maximum Gasteiger partial charge on any atom is 0.306 e. The van der Waals surface area contributed by atoms with Crippen molar-refractivity contribution in [2.75, 3.05) is 0 Å². The Morgan fingerprint density at radius 1 is 1.90 bits per heavy atom. The maximum absolute atomic E-state index is 10.6. The minimum absolute atomic E-state index is 0.0706. The van der Waals surface area contributed by atoms with Gasteiger partial charge in [0.15, 0.2) is 0 Å². The highest BCUT2D eigenvalue weighted by Crippen LogP contribution is 2.21. The molecule has 10 heavy (non-hydrogen) atoms. The largest absolute Gasteiger partial charge is 0.462 e. The molecule has 2 nitrogen and oxygen atoms in total. The summed E-state index contributed by atoms with van der Waals surface area (Å²) in [5.41, 5.74) is 0. The molecule has 0 N–H and O–H groups in total. The Balaban J connectivity index is 2.43. The average molecular weight is 140 g/mol. The van der Waals surface area contributed by atoms with Gasteiger partial charge in [-0.05, 0) is 6.42 Å². The second-order valence-corrected chi connectivity index (χ2v) is 2.66. The summed E-state index contributed by atoms with van der Waals surface area (Å²) in [6.45, 7) is 5.65. The molecule has 0 bridgehead atoms. The number of esters is 1. The summed E-state index contributed by atoms with van der Waals surface area (Å²) in [5, 5.41) is 0. The average Bonchev–Trinajstić information content (AvgIpc) is 2.34. The van der Waals surface area contributed by atoms with E-state index in [-0.39, 0.29) is 12.1 Å². The van der Waals surface area contributed by atoms with E-state index < -0.39 is 0 Å². The van der Waals surface area contributed by atoms with Crippen molar-refractivity contribution in [3.63, 3.8) is 0 Å². The Labute approximate surface area is 60.9 Å². The highest BCUT2D eigenvalue weighted by molar-refractivity contribution is 5.71. The number of carbonyl (C=O) groups is 1. The van der Waals surface area contributed by atoms with Crippen LogP contribution in [0.4, 0.5) is 0 Å². The van der Waals surface area contributed by atoms with Gasteiger partial charge < -0.3 is 4.74 Å². The molecular formula is C8H12O2. The van der Waals surface area contributed by atoms with Crippen molar-refractivity contribution in [2.45, 2.75) is 25.9 Å². The molecule has 2 atom stereocenters. The van der Waals surface area contributed by atoms with E-state index in [1.54, 1.807) is 0 Å². The number of cyclic esters (lactones) is 1. The minimum atomic E-state index is -0.0706. The van der Waals surface area contributed by atoms with Crippen LogP contribution in [0.3, 0.4) is 0 Å². The molecule has 2 heteroatoms. The van der Waals surface area contributed by atoms with Crippen LogP contribution in [0, 0.1) is 5.92 Å². The Hall–Kier alpha value is -0.790. The number of rotatable bonds is 2. The van der Waals surface area contributed by atoms with Gasteiger partial charge in [-0.3, -0.25) is 4.79 Å². The van der Waals surface area contributed by atoms with Crippen LogP contribution in [0.25, 0.3) is 0 Å². The minimum Gasteiger partial charge on any atom is -0.462 e. The Morgan fingerprint density at radius 2 is 2.60 bits per heavy atom. The molecule has 2 unspecified atom stereocenters. The van der Waals surface area contributed by atoms with Gasteiger partial charge in [-0.25, -0.2) is 0 Å². The predicted molar refractivity (Wildman–Crippen MR) is 38.5 cm³/mol. The number of hydrogen-bond donors (Lipinski definition) is 0. The molecule has 0 aromatic carbocycles. The van der Waals surface area contributed by atoms with Gasteiger partial charge in [0.2, 0.25) is 0 Å². The molecule has 1 aliphatic heterocycles. The third kappa shape index (κ3) is 1.38. The molecule has 1 rings (SSSR count). The van der Waals surface area contributed by atoms with E-state index in [9.17, 15) is 4.79 Å². The number of hydrogen-bond acceptors (Lipinski definition) is 2. The lowest BCUT2D eigenvalue weighted by atomic mass is 10.0. The van der Waals surface area contributed by atoms with Crippen molar-refractivity contribution in [2.24, 2.45) is 5.92 Å². The summed E-state index contributed by atoms with van der Waals surface area (Å²) in [5.74, 6) is 0.227. The SMILES string of the molecule is C=CC(C)C1CCC(=O)O1. The van der Waals surface area contributed by atoms with Crippen molar-refractivity contribution in [3.8, 4) is 0 Å². The zero-order valence-electron chi connectivity index (χ0n) is 6.17. The van der Waals surface area contributed by atoms with Crippen molar-refractivity contribution < 1.29 is 9.53 Å². The number of ether oxygens (including phenoxy) is 1. The Bertz CT molecular complexity index is 151. The van der Waals surface area contributed by atoms with E-state index in [0.717, 1.165) is 6.42 Å². The summed E-state index contributed by atoms with van der Waals surface area (Å²) < 4.78 is 5.00. The topological polar surface area (TPSA) is 26.3 Å². The molecule has 0 aromatic heterocycles. The van der Waals surface area contributed by atoms with Gasteiger partial charge in [-0.2, -0.15) is 0 Å². The van der Waals surface area contributed by atoms with Gasteiger partial charge in [0.05, 0.1) is 0 Å². The lowest BCUT2D eigenvalue weighted by Gasteiger charge is -2.12. The van der Waals surface area contributed by atoms with Crippen molar-refractivity contribution >= 4 is 5.97 Å². The third-order valence-corrected chi connectivity index (χ3v) is 1.87. The molecular weight excluding hydrogens is 128 g/mol. The van der Waals surface area contributed by atoms with Crippen LogP contribution >= 0.6 is 0 Å². The van der Waals surface area contributed by atoms with Crippen LogP contribution in [0.15, 0.2) is 12.7 Å². The summed E-state index contributed by atoms with van der Waals surface area (Å²) in [6, 6.07) is 0. The van der Waals surface area contributed by atoms with Crippen LogP contribution in [0.2, 0.25) is 0 Å². The molecule has 56 valence electrons. The van der Waals surface area contributed by atoms with E-state index in [1.807, 2.05) is 13.0 Å². The van der Waals surface area contributed by atoms with Gasteiger partial charge in [-0.1, -0.05) is 13.0 Å². The van der Waals surface area contributed by atoms with Gasteiger partial charge in [0.25, 0.3) is 0 Å². The van der Waals surface area contributed by atoms with E-state index in [4.69, 9.17) is 4.74 Å². The molecule has 0 spiro atoms. The molecule has 0 aromatic rings. The first-order chi connectivity index (χ1) is 4.74. The Kier molecular flexibility index (Phi) is 2.10. The highest BCUT2D eigenvalue weighted by atomic mass is 16.5. The molecule has 0 aliphatic carbocycles. The monoisotopic (exact) mass is 140 g/mol. The van der Waals surface area contributed by atoms with E-state index >= 15 is 0 Å². The van der Waals surface area contributed by atoms with Crippen LogP contribution in [0.5, 0.6) is 0 Å². The zero-order valence-corrected chi connectivity index (χ0v) is 6.17. The van der Waals surface area contributed by atoms with E-state index in [2.05, 4.69) is 6.58 Å². The van der Waals surface area contributed by atoms with Crippen molar-refractivity contribution in [3.05, 3.63) is 12.7 Å². The molecule has 1 fully saturated rings. The first-order valence-corrected chi connectivity index (χ1v) is 3.56. The summed E-state index contributed by atoms with van der Waals surface area (Å²) in [6.07, 6.45) is 3.34. The smallest absolute Gasteiger partial charge is 0.306 e. The second-order valence-electron chi connectivity index (χ2n) is 2.66. The maximum atomic E-state index is 10.6. The third-order valence-electron chi connectivity index (χ3n) is 1.87. The molecule has 1 heterocycles. The normalized spacial score (nSPS) is 27.7. The fourth-order valence-electron chi connectivity index (χ4n) is 1.07. The van der Waals surface area contributed by atoms with Gasteiger partial charge >= 0.3 is 5.97 Å².